The minimum Gasteiger partial charge on any atom is -0.550 e. The molecule has 0 saturated carbocycles. The van der Waals surface area contributed by atoms with E-state index in [4.69, 9.17) is 0 Å². The van der Waals surface area contributed by atoms with Gasteiger partial charge >= 0.3 is 0 Å². The molecule has 0 aliphatic heterocycles. The summed E-state index contributed by atoms with van der Waals surface area (Å²) in [6.07, 6.45) is 2.60. The van der Waals surface area contributed by atoms with Gasteiger partial charge in [0.25, 0.3) is 0 Å². The first-order valence-corrected chi connectivity index (χ1v) is 4.63. The molecule has 0 bridgehead atoms. The molecule has 0 fully saturated rings. The maximum absolute atomic E-state index is 11.0. The van der Waals surface area contributed by atoms with E-state index in [1.165, 1.54) is 0 Å². The Kier molecular flexibility index (Phi) is 6.96. The quantitative estimate of drug-likeness (QED) is 0.561. The van der Waals surface area contributed by atoms with Crippen molar-refractivity contribution >= 4 is 11.9 Å². The van der Waals surface area contributed by atoms with Crippen LogP contribution in [0.3, 0.4) is 0 Å². The summed E-state index contributed by atoms with van der Waals surface area (Å²) in [7, 11) is 0. The van der Waals surface area contributed by atoms with Crippen LogP contribution in [-0.4, -0.2) is 18.4 Å². The molecule has 4 heteroatoms. The van der Waals surface area contributed by atoms with E-state index in [1.54, 1.807) is 0 Å². The fraction of sp³-hybridized carbons (Fsp3) is 0.778. The maximum Gasteiger partial charge on any atom is 0.220 e. The highest BCUT2D eigenvalue weighted by atomic mass is 16.4. The highest BCUT2D eigenvalue weighted by Crippen LogP contribution is 1.94. The zero-order chi connectivity index (χ0) is 10.1. The van der Waals surface area contributed by atoms with E-state index < -0.39 is 5.97 Å². The average molecular weight is 186 g/mol. The van der Waals surface area contributed by atoms with Gasteiger partial charge in [-0.15, -0.1) is 0 Å². The van der Waals surface area contributed by atoms with Crippen molar-refractivity contribution in [1.82, 2.24) is 5.32 Å². The van der Waals surface area contributed by atoms with E-state index in [0.29, 0.717) is 13.0 Å². The number of rotatable bonds is 7. The highest BCUT2D eigenvalue weighted by Gasteiger charge is 1.99. The number of amides is 1. The van der Waals surface area contributed by atoms with E-state index in [-0.39, 0.29) is 18.7 Å². The van der Waals surface area contributed by atoms with Crippen molar-refractivity contribution in [3.05, 3.63) is 0 Å². The summed E-state index contributed by atoms with van der Waals surface area (Å²) >= 11 is 0. The van der Waals surface area contributed by atoms with E-state index >= 15 is 0 Å². The first-order valence-electron chi connectivity index (χ1n) is 4.63. The van der Waals surface area contributed by atoms with Crippen LogP contribution < -0.4 is 10.4 Å². The van der Waals surface area contributed by atoms with Gasteiger partial charge in [-0.05, 0) is 19.3 Å². The lowest BCUT2D eigenvalue weighted by atomic mass is 10.2. The lowest BCUT2D eigenvalue weighted by Gasteiger charge is -2.04. The second-order valence-electron chi connectivity index (χ2n) is 2.93. The van der Waals surface area contributed by atoms with Gasteiger partial charge in [0.1, 0.15) is 0 Å². The molecule has 1 N–H and O–H groups in total. The number of carbonyl (C=O) groups is 2. The molecule has 0 spiro atoms. The Morgan fingerprint density at radius 3 is 2.46 bits per heavy atom. The van der Waals surface area contributed by atoms with Crippen LogP contribution in [0, 0.1) is 0 Å². The maximum atomic E-state index is 11.0. The van der Waals surface area contributed by atoms with E-state index in [1.807, 2.05) is 6.92 Å². The molecule has 0 radical (unpaired) electrons. The summed E-state index contributed by atoms with van der Waals surface area (Å²) in [5, 5.41) is 12.7. The fourth-order valence-corrected chi connectivity index (χ4v) is 0.886. The van der Waals surface area contributed by atoms with Crippen molar-refractivity contribution in [3.63, 3.8) is 0 Å². The molecule has 4 nitrogen and oxygen atoms in total. The van der Waals surface area contributed by atoms with Crippen LogP contribution in [0.5, 0.6) is 0 Å². The first-order chi connectivity index (χ1) is 6.16. The summed E-state index contributed by atoms with van der Waals surface area (Å²) in [4.78, 5) is 21.0. The van der Waals surface area contributed by atoms with Gasteiger partial charge in [0.15, 0.2) is 0 Å². The highest BCUT2D eigenvalue weighted by molar-refractivity contribution is 5.76. The smallest absolute Gasteiger partial charge is 0.220 e. The van der Waals surface area contributed by atoms with Crippen LogP contribution >= 0.6 is 0 Å². The lowest BCUT2D eigenvalue weighted by molar-refractivity contribution is -0.305. The standard InChI is InChI=1S/C9H17NO3/c1-2-3-7-10-8(11)5-4-6-9(12)13/h2-7H2,1H3,(H,10,11)(H,12,13)/p-1. The van der Waals surface area contributed by atoms with Crippen molar-refractivity contribution in [2.45, 2.75) is 39.0 Å². The summed E-state index contributed by atoms with van der Waals surface area (Å²) in [5.74, 6) is -1.17. The number of carboxylic acids is 1. The van der Waals surface area contributed by atoms with E-state index in [2.05, 4.69) is 5.32 Å². The normalized spacial score (nSPS) is 9.62. The Bertz CT molecular complexity index is 168. The molecule has 0 aliphatic rings. The lowest BCUT2D eigenvalue weighted by Crippen LogP contribution is -2.25. The molecule has 0 heterocycles. The predicted octanol–water partition coefficient (Wildman–Crippen LogP) is -0.177. The third-order valence-corrected chi connectivity index (χ3v) is 1.64. The van der Waals surface area contributed by atoms with Crippen LogP contribution in [0.1, 0.15) is 39.0 Å². The molecule has 0 atom stereocenters. The predicted molar refractivity (Wildman–Crippen MR) is 46.8 cm³/mol. The number of hydrogen-bond acceptors (Lipinski definition) is 3. The SMILES string of the molecule is CCCCNC(=O)CCCC(=O)[O-]. The number of unbranched alkanes of at least 4 members (excludes halogenated alkanes) is 1. The number of nitrogens with one attached hydrogen (secondary N) is 1. The van der Waals surface area contributed by atoms with Gasteiger partial charge in [-0.3, -0.25) is 4.79 Å². The van der Waals surface area contributed by atoms with Crippen LogP contribution in [0.25, 0.3) is 0 Å². The van der Waals surface area contributed by atoms with Crippen molar-refractivity contribution in [2.24, 2.45) is 0 Å². The molecule has 0 unspecified atom stereocenters. The van der Waals surface area contributed by atoms with E-state index in [0.717, 1.165) is 12.8 Å². The summed E-state index contributed by atoms with van der Waals surface area (Å²) in [6, 6.07) is 0. The second-order valence-corrected chi connectivity index (χ2v) is 2.93. The summed E-state index contributed by atoms with van der Waals surface area (Å²) in [6.45, 7) is 2.73. The van der Waals surface area contributed by atoms with Gasteiger partial charge in [0, 0.05) is 18.9 Å². The van der Waals surface area contributed by atoms with Crippen LogP contribution in [-0.2, 0) is 9.59 Å². The van der Waals surface area contributed by atoms with Gasteiger partial charge in [0.05, 0.1) is 0 Å². The van der Waals surface area contributed by atoms with Crippen LogP contribution in [0.2, 0.25) is 0 Å². The molecule has 76 valence electrons. The van der Waals surface area contributed by atoms with Gasteiger partial charge in [-0.25, -0.2) is 0 Å². The summed E-state index contributed by atoms with van der Waals surface area (Å²) < 4.78 is 0. The van der Waals surface area contributed by atoms with Gasteiger partial charge in [-0.1, -0.05) is 13.3 Å². The summed E-state index contributed by atoms with van der Waals surface area (Å²) in [5.41, 5.74) is 0. The number of carbonyl (C=O) groups excluding carboxylic acids is 2. The van der Waals surface area contributed by atoms with Crippen molar-refractivity contribution < 1.29 is 14.7 Å². The number of carboxylic acid groups (broad SMARTS) is 1. The zero-order valence-corrected chi connectivity index (χ0v) is 7.97. The van der Waals surface area contributed by atoms with Crippen molar-refractivity contribution in [1.29, 1.82) is 0 Å². The topological polar surface area (TPSA) is 69.2 Å². The zero-order valence-electron chi connectivity index (χ0n) is 7.97. The Balaban J connectivity index is 3.25. The molecular weight excluding hydrogens is 170 g/mol. The van der Waals surface area contributed by atoms with Crippen molar-refractivity contribution in [3.8, 4) is 0 Å². The van der Waals surface area contributed by atoms with E-state index in [9.17, 15) is 14.7 Å². The fourth-order valence-electron chi connectivity index (χ4n) is 0.886. The number of hydrogen-bond donors (Lipinski definition) is 1. The van der Waals surface area contributed by atoms with Crippen LogP contribution in [0.15, 0.2) is 0 Å². The molecule has 0 rings (SSSR count). The molecule has 0 aromatic rings. The molecule has 0 aliphatic carbocycles. The third-order valence-electron chi connectivity index (χ3n) is 1.64. The molecule has 0 aromatic heterocycles. The van der Waals surface area contributed by atoms with Gasteiger partial charge in [-0.2, -0.15) is 0 Å². The Labute approximate surface area is 78.3 Å². The number of aliphatic carboxylic acids is 1. The van der Waals surface area contributed by atoms with Crippen LogP contribution in [0.4, 0.5) is 0 Å². The largest absolute Gasteiger partial charge is 0.550 e. The molecular formula is C9H16NO3-. The molecule has 1 amide bonds. The van der Waals surface area contributed by atoms with Crippen molar-refractivity contribution in [2.75, 3.05) is 6.54 Å². The minimum atomic E-state index is -1.10. The Morgan fingerprint density at radius 2 is 1.92 bits per heavy atom. The first kappa shape index (κ1) is 11.9. The van der Waals surface area contributed by atoms with Gasteiger partial charge < -0.3 is 15.2 Å². The molecule has 0 saturated heterocycles. The second kappa shape index (κ2) is 7.58. The average Bonchev–Trinajstić information content (AvgIpc) is 2.04. The van der Waals surface area contributed by atoms with Gasteiger partial charge in [0.2, 0.25) is 5.91 Å². The molecule has 0 aromatic carbocycles. The Morgan fingerprint density at radius 1 is 1.23 bits per heavy atom. The third kappa shape index (κ3) is 8.85. The monoisotopic (exact) mass is 186 g/mol. The molecule has 13 heavy (non-hydrogen) atoms. The minimum absolute atomic E-state index is 0.0405. The Hall–Kier alpha value is -1.06.